The highest BCUT2D eigenvalue weighted by molar-refractivity contribution is 9.10. The van der Waals surface area contributed by atoms with Crippen molar-refractivity contribution in [2.75, 3.05) is 25.5 Å². The van der Waals surface area contributed by atoms with Crippen molar-refractivity contribution in [2.45, 2.75) is 17.7 Å². The Morgan fingerprint density at radius 3 is 2.67 bits per heavy atom. The number of carboxylic acids is 1. The fraction of sp³-hybridized carbons (Fsp3) is 0.429. The zero-order valence-corrected chi connectivity index (χ0v) is 13.9. The summed E-state index contributed by atoms with van der Waals surface area (Å²) in [7, 11) is 0. The molecule has 21 heavy (non-hydrogen) atoms. The molecular formula is C14H18BrNO4S. The molecule has 0 spiro atoms. The Morgan fingerprint density at radius 1 is 1.29 bits per heavy atom. The maximum Gasteiger partial charge on any atom is 0.329 e. The number of nitrogens with one attached hydrogen (secondary N) is 1. The normalized spacial score (nSPS) is 10.3. The van der Waals surface area contributed by atoms with Gasteiger partial charge in [0.2, 0.25) is 5.91 Å². The van der Waals surface area contributed by atoms with Crippen molar-refractivity contribution in [3.8, 4) is 0 Å². The second-order valence-corrected chi connectivity index (χ2v) is 6.29. The number of hydrogen-bond acceptors (Lipinski definition) is 4. The van der Waals surface area contributed by atoms with Gasteiger partial charge < -0.3 is 15.2 Å². The first-order valence-electron chi connectivity index (χ1n) is 6.52. The summed E-state index contributed by atoms with van der Waals surface area (Å²) >= 11 is 5.10. The van der Waals surface area contributed by atoms with Crippen molar-refractivity contribution in [1.29, 1.82) is 0 Å². The molecule has 1 amide bonds. The van der Waals surface area contributed by atoms with Gasteiger partial charge in [0.1, 0.15) is 6.61 Å². The molecule has 0 aliphatic heterocycles. The van der Waals surface area contributed by atoms with Gasteiger partial charge in [-0.1, -0.05) is 15.9 Å². The van der Waals surface area contributed by atoms with Crippen LogP contribution in [0, 0.1) is 0 Å². The number of carbonyl (C=O) groups is 2. The minimum atomic E-state index is -1.01. The van der Waals surface area contributed by atoms with Crippen molar-refractivity contribution in [3.63, 3.8) is 0 Å². The summed E-state index contributed by atoms with van der Waals surface area (Å²) < 4.78 is 5.87. The van der Waals surface area contributed by atoms with Crippen LogP contribution >= 0.6 is 27.7 Å². The minimum absolute atomic E-state index is 0.0367. The monoisotopic (exact) mass is 375 g/mol. The van der Waals surface area contributed by atoms with E-state index in [0.717, 1.165) is 16.6 Å². The van der Waals surface area contributed by atoms with E-state index in [-0.39, 0.29) is 19.1 Å². The molecule has 0 bridgehead atoms. The van der Waals surface area contributed by atoms with Gasteiger partial charge in [0.15, 0.2) is 0 Å². The third kappa shape index (κ3) is 9.49. The van der Waals surface area contributed by atoms with Gasteiger partial charge in [0, 0.05) is 22.3 Å². The number of halogens is 1. The molecule has 116 valence electrons. The highest BCUT2D eigenvalue weighted by atomic mass is 79.9. The fourth-order valence-corrected chi connectivity index (χ4v) is 2.58. The zero-order chi connectivity index (χ0) is 15.5. The Hall–Kier alpha value is -1.05. The predicted molar refractivity (Wildman–Crippen MR) is 85.6 cm³/mol. The molecule has 0 aliphatic rings. The second-order valence-electron chi connectivity index (χ2n) is 4.20. The van der Waals surface area contributed by atoms with Gasteiger partial charge in [-0.2, -0.15) is 0 Å². The Balaban J connectivity index is 2.00. The van der Waals surface area contributed by atoms with Crippen LogP contribution in [0.25, 0.3) is 0 Å². The van der Waals surface area contributed by atoms with Gasteiger partial charge in [0.25, 0.3) is 0 Å². The summed E-state index contributed by atoms with van der Waals surface area (Å²) in [6, 6.07) is 8.06. The highest BCUT2D eigenvalue weighted by Crippen LogP contribution is 2.21. The topological polar surface area (TPSA) is 75.6 Å². The van der Waals surface area contributed by atoms with E-state index in [2.05, 4.69) is 21.2 Å². The van der Waals surface area contributed by atoms with Gasteiger partial charge in [-0.15, -0.1) is 11.8 Å². The molecular weight excluding hydrogens is 358 g/mol. The molecule has 0 fully saturated rings. The van der Waals surface area contributed by atoms with Crippen molar-refractivity contribution < 1.29 is 19.4 Å². The largest absolute Gasteiger partial charge is 0.480 e. The summed E-state index contributed by atoms with van der Waals surface area (Å²) in [6.07, 6.45) is 1.25. The number of hydrogen-bond donors (Lipinski definition) is 2. The summed E-state index contributed by atoms with van der Waals surface area (Å²) in [5, 5.41) is 11.0. The van der Waals surface area contributed by atoms with Gasteiger partial charge in [-0.3, -0.25) is 4.79 Å². The molecule has 1 aromatic carbocycles. The van der Waals surface area contributed by atoms with Crippen LogP contribution in [-0.2, 0) is 14.3 Å². The average molecular weight is 376 g/mol. The van der Waals surface area contributed by atoms with Crippen LogP contribution < -0.4 is 5.32 Å². The SMILES string of the molecule is O=C(O)COCCNC(=O)CCCSc1ccc(Br)cc1. The molecule has 1 rings (SSSR count). The van der Waals surface area contributed by atoms with Crippen LogP contribution in [0.2, 0.25) is 0 Å². The molecule has 5 nitrogen and oxygen atoms in total. The van der Waals surface area contributed by atoms with Gasteiger partial charge in [-0.05, 0) is 36.4 Å². The van der Waals surface area contributed by atoms with Crippen LogP contribution in [0.5, 0.6) is 0 Å². The number of benzene rings is 1. The molecule has 0 saturated heterocycles. The molecule has 0 radical (unpaired) electrons. The van der Waals surface area contributed by atoms with Crippen LogP contribution in [-0.4, -0.2) is 42.5 Å². The van der Waals surface area contributed by atoms with Crippen molar-refractivity contribution in [1.82, 2.24) is 5.32 Å². The Morgan fingerprint density at radius 2 is 2.00 bits per heavy atom. The maximum absolute atomic E-state index is 11.5. The zero-order valence-electron chi connectivity index (χ0n) is 11.5. The lowest BCUT2D eigenvalue weighted by Crippen LogP contribution is -2.27. The van der Waals surface area contributed by atoms with E-state index in [1.165, 1.54) is 4.90 Å². The smallest absolute Gasteiger partial charge is 0.329 e. The van der Waals surface area contributed by atoms with E-state index in [1.807, 2.05) is 24.3 Å². The van der Waals surface area contributed by atoms with Crippen molar-refractivity contribution >= 4 is 39.6 Å². The number of rotatable bonds is 10. The molecule has 7 heteroatoms. The lowest BCUT2D eigenvalue weighted by Gasteiger charge is -2.05. The average Bonchev–Trinajstić information content (AvgIpc) is 2.45. The number of thioether (sulfide) groups is 1. The number of ether oxygens (including phenoxy) is 1. The first-order valence-corrected chi connectivity index (χ1v) is 8.30. The van der Waals surface area contributed by atoms with Gasteiger partial charge >= 0.3 is 5.97 Å². The van der Waals surface area contributed by atoms with Crippen LogP contribution in [0.1, 0.15) is 12.8 Å². The van der Waals surface area contributed by atoms with E-state index >= 15 is 0 Å². The van der Waals surface area contributed by atoms with E-state index < -0.39 is 5.97 Å². The standard InChI is InChI=1S/C14H18BrNO4S/c15-11-3-5-12(6-4-11)21-9-1-2-13(17)16-7-8-20-10-14(18)19/h3-6H,1-2,7-10H2,(H,16,17)(H,18,19). The number of amides is 1. The van der Waals surface area contributed by atoms with Gasteiger partial charge in [-0.25, -0.2) is 4.79 Å². The van der Waals surface area contributed by atoms with Crippen LogP contribution in [0.3, 0.4) is 0 Å². The summed E-state index contributed by atoms with van der Waals surface area (Å²) in [6.45, 7) is 0.220. The molecule has 1 aromatic rings. The van der Waals surface area contributed by atoms with E-state index in [4.69, 9.17) is 9.84 Å². The summed E-state index contributed by atoms with van der Waals surface area (Å²) in [4.78, 5) is 22.9. The Kier molecular flexibility index (Phi) is 9.12. The Labute approximate surface area is 136 Å². The predicted octanol–water partition coefficient (Wildman–Crippen LogP) is 2.54. The second kappa shape index (κ2) is 10.6. The van der Waals surface area contributed by atoms with Crippen molar-refractivity contribution in [2.24, 2.45) is 0 Å². The number of carbonyl (C=O) groups excluding carboxylic acids is 1. The van der Waals surface area contributed by atoms with E-state index in [0.29, 0.717) is 13.0 Å². The van der Waals surface area contributed by atoms with Crippen LogP contribution in [0.15, 0.2) is 33.6 Å². The lowest BCUT2D eigenvalue weighted by molar-refractivity contribution is -0.142. The molecule has 0 saturated carbocycles. The first-order chi connectivity index (χ1) is 10.1. The van der Waals surface area contributed by atoms with Crippen molar-refractivity contribution in [3.05, 3.63) is 28.7 Å². The maximum atomic E-state index is 11.5. The number of aliphatic carboxylic acids is 1. The molecule has 0 aliphatic carbocycles. The molecule has 0 unspecified atom stereocenters. The molecule has 0 aromatic heterocycles. The summed E-state index contributed by atoms with van der Waals surface area (Å²) in [5.41, 5.74) is 0. The third-order valence-electron chi connectivity index (χ3n) is 2.42. The molecule has 0 atom stereocenters. The first kappa shape index (κ1) is 18.0. The summed E-state index contributed by atoms with van der Waals surface area (Å²) in [5.74, 6) is -0.165. The van der Waals surface area contributed by atoms with E-state index in [9.17, 15) is 9.59 Å². The highest BCUT2D eigenvalue weighted by Gasteiger charge is 2.02. The quantitative estimate of drug-likeness (QED) is 0.485. The number of carboxylic acid groups (broad SMARTS) is 1. The molecule has 0 heterocycles. The Bertz CT molecular complexity index is 453. The van der Waals surface area contributed by atoms with E-state index in [1.54, 1.807) is 11.8 Å². The fourth-order valence-electron chi connectivity index (χ4n) is 1.46. The third-order valence-corrected chi connectivity index (χ3v) is 4.05. The minimum Gasteiger partial charge on any atom is -0.480 e. The van der Waals surface area contributed by atoms with Crippen LogP contribution in [0.4, 0.5) is 0 Å². The lowest BCUT2D eigenvalue weighted by atomic mass is 10.3. The van der Waals surface area contributed by atoms with Gasteiger partial charge in [0.05, 0.1) is 6.61 Å². The molecule has 2 N–H and O–H groups in total.